The second-order valence-corrected chi connectivity index (χ2v) is 6.78. The van der Waals surface area contributed by atoms with E-state index in [2.05, 4.69) is 26.9 Å². The highest BCUT2D eigenvalue weighted by molar-refractivity contribution is 7.90. The summed E-state index contributed by atoms with van der Waals surface area (Å²) in [6.07, 6.45) is 3.22. The van der Waals surface area contributed by atoms with Crippen molar-refractivity contribution < 1.29 is 8.42 Å². The number of amidine groups is 1. The first-order valence-corrected chi connectivity index (χ1v) is 8.72. The molecule has 1 aromatic rings. The van der Waals surface area contributed by atoms with Gasteiger partial charge in [0.25, 0.3) is 10.0 Å². The van der Waals surface area contributed by atoms with Gasteiger partial charge < -0.3 is 10.6 Å². The molecule has 0 amide bonds. The van der Waals surface area contributed by atoms with E-state index in [4.69, 9.17) is 12.2 Å². The van der Waals surface area contributed by atoms with E-state index in [1.807, 2.05) is 0 Å². The summed E-state index contributed by atoms with van der Waals surface area (Å²) >= 11 is 5.10. The van der Waals surface area contributed by atoms with E-state index < -0.39 is 10.0 Å². The summed E-state index contributed by atoms with van der Waals surface area (Å²) in [7, 11) is -3.62. The van der Waals surface area contributed by atoms with Gasteiger partial charge in [0.1, 0.15) is 5.84 Å². The molecule has 8 heteroatoms. The van der Waals surface area contributed by atoms with E-state index in [-0.39, 0.29) is 4.90 Å². The van der Waals surface area contributed by atoms with Crippen LogP contribution in [0.2, 0.25) is 0 Å². The Kier molecular flexibility index (Phi) is 5.51. The predicted octanol–water partition coefficient (Wildman–Crippen LogP) is 1.63. The number of thiocarbonyl (C=S) groups is 1. The first-order valence-electron chi connectivity index (χ1n) is 6.83. The van der Waals surface area contributed by atoms with E-state index in [0.717, 1.165) is 6.42 Å². The van der Waals surface area contributed by atoms with Gasteiger partial charge in [0.05, 0.1) is 4.90 Å². The van der Waals surface area contributed by atoms with Crippen molar-refractivity contribution in [1.29, 1.82) is 0 Å². The van der Waals surface area contributed by atoms with Gasteiger partial charge in [0, 0.05) is 25.2 Å². The molecule has 0 saturated carbocycles. The van der Waals surface area contributed by atoms with Gasteiger partial charge in [-0.1, -0.05) is 12.1 Å². The van der Waals surface area contributed by atoms with Gasteiger partial charge in [0.15, 0.2) is 5.11 Å². The van der Waals surface area contributed by atoms with Crippen LogP contribution in [-0.4, -0.2) is 32.5 Å². The molecule has 0 aliphatic carbocycles. The first kappa shape index (κ1) is 16.4. The monoisotopic (exact) mass is 338 g/mol. The third kappa shape index (κ3) is 4.54. The normalized spacial score (nSPS) is 14.1. The van der Waals surface area contributed by atoms with Crippen LogP contribution in [0.1, 0.15) is 12.8 Å². The van der Waals surface area contributed by atoms with E-state index in [1.165, 1.54) is 12.1 Å². The number of rotatable bonds is 5. The Balaban J connectivity index is 2.09. The molecule has 3 N–H and O–H groups in total. The standard InChI is InChI=1S/C14H18N4O2S2/c1-2-8-16-14(21)17-11-5-3-6-12(10-11)22(19,20)18-13-7-4-9-15-13/h2-3,5-6,10H,1,4,7-9H2,(H,15,18)(H2,16,17,21). The van der Waals surface area contributed by atoms with Crippen LogP contribution in [0, 0.1) is 0 Å². The average Bonchev–Trinajstić information content (AvgIpc) is 2.97. The first-order chi connectivity index (χ1) is 10.5. The SMILES string of the molecule is C=CCNC(=S)Nc1cccc(S(=O)(=O)NC2=NCCC2)c1. The molecule has 0 radical (unpaired) electrons. The highest BCUT2D eigenvalue weighted by Crippen LogP contribution is 2.16. The number of aliphatic imine (C=N–C) groups is 1. The van der Waals surface area contributed by atoms with E-state index >= 15 is 0 Å². The van der Waals surface area contributed by atoms with Gasteiger partial charge in [-0.3, -0.25) is 9.71 Å². The molecule has 0 aromatic heterocycles. The summed E-state index contributed by atoms with van der Waals surface area (Å²) in [6, 6.07) is 6.46. The Bertz CT molecular complexity index is 699. The van der Waals surface area contributed by atoms with Crippen molar-refractivity contribution in [2.24, 2.45) is 4.99 Å². The van der Waals surface area contributed by atoms with Crippen molar-refractivity contribution in [1.82, 2.24) is 10.0 Å². The average molecular weight is 338 g/mol. The van der Waals surface area contributed by atoms with Crippen molar-refractivity contribution in [2.75, 3.05) is 18.4 Å². The Labute approximate surface area is 135 Å². The van der Waals surface area contributed by atoms with Gasteiger partial charge in [0.2, 0.25) is 0 Å². The highest BCUT2D eigenvalue weighted by atomic mass is 32.2. The van der Waals surface area contributed by atoms with Crippen molar-refractivity contribution in [3.8, 4) is 0 Å². The zero-order valence-corrected chi connectivity index (χ0v) is 13.6. The predicted molar refractivity (Wildman–Crippen MR) is 92.7 cm³/mol. The number of sulfonamides is 1. The van der Waals surface area contributed by atoms with Crippen LogP contribution >= 0.6 is 12.2 Å². The number of hydrogen-bond donors (Lipinski definition) is 3. The molecule has 0 atom stereocenters. The van der Waals surface area contributed by atoms with Crippen molar-refractivity contribution in [3.63, 3.8) is 0 Å². The van der Waals surface area contributed by atoms with Gasteiger partial charge in [-0.2, -0.15) is 0 Å². The molecule has 2 rings (SSSR count). The van der Waals surface area contributed by atoms with E-state index in [9.17, 15) is 8.42 Å². The topological polar surface area (TPSA) is 82.6 Å². The van der Waals surface area contributed by atoms with Crippen molar-refractivity contribution in [2.45, 2.75) is 17.7 Å². The van der Waals surface area contributed by atoms with Crippen LogP contribution in [0.15, 0.2) is 46.8 Å². The number of benzene rings is 1. The Hall–Kier alpha value is -1.93. The molecule has 6 nitrogen and oxygen atoms in total. The Morgan fingerprint density at radius 3 is 2.95 bits per heavy atom. The molecule has 118 valence electrons. The molecule has 0 saturated heterocycles. The number of nitrogens with one attached hydrogen (secondary N) is 3. The summed E-state index contributed by atoms with van der Waals surface area (Å²) < 4.78 is 27.2. The second kappa shape index (κ2) is 7.37. The lowest BCUT2D eigenvalue weighted by atomic mass is 10.3. The minimum Gasteiger partial charge on any atom is -0.359 e. The second-order valence-electron chi connectivity index (χ2n) is 4.69. The van der Waals surface area contributed by atoms with E-state index in [0.29, 0.717) is 36.1 Å². The van der Waals surface area contributed by atoms with Crippen LogP contribution in [0.5, 0.6) is 0 Å². The summed E-state index contributed by atoms with van der Waals surface area (Å²) in [5.41, 5.74) is 0.595. The molecule has 1 aliphatic heterocycles. The molecule has 0 unspecified atom stereocenters. The molecular formula is C14H18N4O2S2. The summed E-state index contributed by atoms with van der Waals surface area (Å²) in [6.45, 7) is 4.79. The molecule has 0 fully saturated rings. The van der Waals surface area contributed by atoms with Gasteiger partial charge in [-0.05, 0) is 36.8 Å². The lowest BCUT2D eigenvalue weighted by Crippen LogP contribution is -2.30. The summed E-state index contributed by atoms with van der Waals surface area (Å²) in [5, 5.41) is 6.25. The molecule has 1 aromatic carbocycles. The van der Waals surface area contributed by atoms with Gasteiger partial charge in [-0.15, -0.1) is 6.58 Å². The zero-order chi connectivity index (χ0) is 16.0. The minimum absolute atomic E-state index is 0.165. The lowest BCUT2D eigenvalue weighted by Gasteiger charge is -2.11. The third-order valence-corrected chi connectivity index (χ3v) is 4.56. The van der Waals surface area contributed by atoms with Gasteiger partial charge >= 0.3 is 0 Å². The summed E-state index contributed by atoms with van der Waals surface area (Å²) in [5.74, 6) is 0.515. The van der Waals surface area contributed by atoms with Crippen LogP contribution in [0.3, 0.4) is 0 Å². The molecular weight excluding hydrogens is 320 g/mol. The molecule has 0 spiro atoms. The largest absolute Gasteiger partial charge is 0.359 e. The quantitative estimate of drug-likeness (QED) is 0.561. The van der Waals surface area contributed by atoms with Crippen LogP contribution < -0.4 is 15.4 Å². The Morgan fingerprint density at radius 1 is 1.45 bits per heavy atom. The van der Waals surface area contributed by atoms with Crippen LogP contribution in [0.25, 0.3) is 0 Å². The highest BCUT2D eigenvalue weighted by Gasteiger charge is 2.18. The minimum atomic E-state index is -3.62. The number of hydrogen-bond acceptors (Lipinski definition) is 4. The summed E-state index contributed by atoms with van der Waals surface area (Å²) in [4.78, 5) is 4.29. The smallest absolute Gasteiger partial charge is 0.262 e. The molecule has 0 bridgehead atoms. The molecule has 1 aliphatic rings. The third-order valence-electron chi connectivity index (χ3n) is 2.94. The van der Waals surface area contributed by atoms with Crippen LogP contribution in [0.4, 0.5) is 5.69 Å². The Morgan fingerprint density at radius 2 is 2.27 bits per heavy atom. The number of anilines is 1. The van der Waals surface area contributed by atoms with Crippen molar-refractivity contribution in [3.05, 3.63) is 36.9 Å². The maximum absolute atomic E-state index is 12.3. The van der Waals surface area contributed by atoms with Crippen molar-refractivity contribution >= 4 is 38.9 Å². The maximum atomic E-state index is 12.3. The van der Waals surface area contributed by atoms with Crippen LogP contribution in [-0.2, 0) is 10.0 Å². The van der Waals surface area contributed by atoms with Gasteiger partial charge in [-0.25, -0.2) is 8.42 Å². The van der Waals surface area contributed by atoms with E-state index in [1.54, 1.807) is 18.2 Å². The lowest BCUT2D eigenvalue weighted by molar-refractivity contribution is 0.592. The number of nitrogens with zero attached hydrogens (tertiary/aromatic N) is 1. The maximum Gasteiger partial charge on any atom is 0.262 e. The molecule has 22 heavy (non-hydrogen) atoms. The zero-order valence-electron chi connectivity index (χ0n) is 12.0. The fraction of sp³-hybridized carbons (Fsp3) is 0.286. The fourth-order valence-corrected chi connectivity index (χ4v) is 3.25. The molecule has 1 heterocycles. The fourth-order valence-electron chi connectivity index (χ4n) is 1.92.